The summed E-state index contributed by atoms with van der Waals surface area (Å²) >= 11 is 0. The third-order valence-electron chi connectivity index (χ3n) is 3.33. The van der Waals surface area contributed by atoms with Crippen LogP contribution in [-0.2, 0) is 4.74 Å². The molecule has 1 aliphatic rings. The van der Waals surface area contributed by atoms with E-state index in [9.17, 15) is 9.59 Å². The Morgan fingerprint density at radius 2 is 1.80 bits per heavy atom. The lowest BCUT2D eigenvalue weighted by Crippen LogP contribution is -2.46. The van der Waals surface area contributed by atoms with Crippen molar-refractivity contribution < 1.29 is 14.3 Å². The summed E-state index contributed by atoms with van der Waals surface area (Å²) in [5.74, 6) is -0.435. The van der Waals surface area contributed by atoms with Gasteiger partial charge >= 0.3 is 0 Å². The molecule has 5 heteroatoms. The molecule has 0 spiro atoms. The van der Waals surface area contributed by atoms with Crippen LogP contribution in [0.4, 0.5) is 0 Å². The van der Waals surface area contributed by atoms with Crippen LogP contribution in [0.2, 0.25) is 0 Å². The first-order valence-corrected chi connectivity index (χ1v) is 6.86. The fourth-order valence-corrected chi connectivity index (χ4v) is 2.35. The van der Waals surface area contributed by atoms with E-state index in [1.54, 1.807) is 31.4 Å². The van der Waals surface area contributed by atoms with Crippen LogP contribution in [0.25, 0.3) is 0 Å². The fourth-order valence-electron chi connectivity index (χ4n) is 2.35. The molecular formula is C15H20N2O3. The topological polar surface area (TPSA) is 58.6 Å². The first-order chi connectivity index (χ1) is 9.69. The molecule has 1 aliphatic heterocycles. The van der Waals surface area contributed by atoms with Gasteiger partial charge in [0.2, 0.25) is 0 Å². The van der Waals surface area contributed by atoms with Crippen LogP contribution in [0.3, 0.4) is 0 Å². The minimum absolute atomic E-state index is 0.0397. The highest BCUT2D eigenvalue weighted by Crippen LogP contribution is 2.22. The van der Waals surface area contributed by atoms with E-state index in [2.05, 4.69) is 12.2 Å². The Hall–Kier alpha value is -1.72. The highest BCUT2D eigenvalue weighted by atomic mass is 16.5. The van der Waals surface area contributed by atoms with Gasteiger partial charge in [-0.2, -0.15) is 0 Å². The van der Waals surface area contributed by atoms with Gasteiger partial charge in [-0.3, -0.25) is 14.5 Å². The Bertz CT molecular complexity index is 467. The summed E-state index contributed by atoms with van der Waals surface area (Å²) in [5.41, 5.74) is 0.980. The van der Waals surface area contributed by atoms with Gasteiger partial charge in [0.1, 0.15) is 0 Å². The third-order valence-corrected chi connectivity index (χ3v) is 3.33. The summed E-state index contributed by atoms with van der Waals surface area (Å²) in [4.78, 5) is 25.8. The summed E-state index contributed by atoms with van der Waals surface area (Å²) in [6.45, 7) is 3.70. The number of carbonyl (C=O) groups is 2. The number of benzene rings is 1. The fraction of sp³-hybridized carbons (Fsp3) is 0.467. The first kappa shape index (κ1) is 14.7. The van der Waals surface area contributed by atoms with Gasteiger partial charge in [0.05, 0.1) is 17.7 Å². The second kappa shape index (κ2) is 6.63. The predicted octanol–water partition coefficient (Wildman–Crippen LogP) is 1.30. The summed E-state index contributed by atoms with van der Waals surface area (Å²) in [6.07, 6.45) is 0.988. The van der Waals surface area contributed by atoms with Crippen LogP contribution >= 0.6 is 0 Å². The van der Waals surface area contributed by atoms with Crippen LogP contribution in [0, 0.1) is 0 Å². The molecule has 1 aromatic carbocycles. The zero-order valence-electron chi connectivity index (χ0n) is 11.9. The Morgan fingerprint density at radius 3 is 2.30 bits per heavy atom. The molecular weight excluding hydrogens is 256 g/mol. The third kappa shape index (κ3) is 2.89. The van der Waals surface area contributed by atoms with Gasteiger partial charge in [-0.05, 0) is 25.1 Å². The molecule has 0 radical (unpaired) electrons. The number of methoxy groups -OCH3 is 1. The Labute approximate surface area is 118 Å². The number of hydrogen-bond donors (Lipinski definition) is 1. The summed E-state index contributed by atoms with van der Waals surface area (Å²) < 4.78 is 5.15. The lowest BCUT2D eigenvalue weighted by atomic mass is 10.1. The Kier molecular flexibility index (Phi) is 4.87. The van der Waals surface area contributed by atoms with E-state index < -0.39 is 0 Å². The molecule has 1 atom stereocenters. The normalized spacial score (nSPS) is 15.6. The zero-order valence-corrected chi connectivity index (χ0v) is 11.9. The molecule has 1 N–H and O–H groups in total. The average molecular weight is 276 g/mol. The summed E-state index contributed by atoms with van der Waals surface area (Å²) in [7, 11) is 1.61. The lowest BCUT2D eigenvalue weighted by molar-refractivity contribution is 0.0610. The van der Waals surface area contributed by atoms with Gasteiger partial charge in [0.25, 0.3) is 11.8 Å². The number of ether oxygens (including phenoxy) is 1. The molecule has 0 bridgehead atoms. The van der Waals surface area contributed by atoms with E-state index in [4.69, 9.17) is 4.74 Å². The standard InChI is InChI=1S/C15H20N2O3/c1-3-8-16-11(10-20-2)9-17-14(18)12-6-4-5-7-13(12)15(17)19/h4-7,11,16H,3,8-10H2,1-2H3. The van der Waals surface area contributed by atoms with Gasteiger partial charge in [-0.1, -0.05) is 19.1 Å². The van der Waals surface area contributed by atoms with E-state index >= 15 is 0 Å². The van der Waals surface area contributed by atoms with Crippen molar-refractivity contribution in [2.24, 2.45) is 0 Å². The van der Waals surface area contributed by atoms with E-state index in [-0.39, 0.29) is 17.9 Å². The maximum Gasteiger partial charge on any atom is 0.261 e. The summed E-state index contributed by atoms with van der Waals surface area (Å²) in [6, 6.07) is 6.90. The van der Waals surface area contributed by atoms with Crippen LogP contribution in [0.1, 0.15) is 34.1 Å². The molecule has 1 aromatic rings. The quantitative estimate of drug-likeness (QED) is 0.763. The predicted molar refractivity (Wildman–Crippen MR) is 75.8 cm³/mol. The summed E-state index contributed by atoms with van der Waals surface area (Å²) in [5, 5.41) is 3.29. The lowest BCUT2D eigenvalue weighted by Gasteiger charge is -2.23. The molecule has 0 saturated carbocycles. The Balaban J connectivity index is 2.10. The van der Waals surface area contributed by atoms with Crippen molar-refractivity contribution in [2.75, 3.05) is 26.8 Å². The van der Waals surface area contributed by atoms with Gasteiger partial charge in [0.15, 0.2) is 0 Å². The smallest absolute Gasteiger partial charge is 0.261 e. The maximum absolute atomic E-state index is 12.3. The number of imide groups is 1. The van der Waals surface area contributed by atoms with Crippen LogP contribution in [0.5, 0.6) is 0 Å². The number of carbonyl (C=O) groups excluding carboxylic acids is 2. The van der Waals surface area contributed by atoms with Crippen LogP contribution < -0.4 is 5.32 Å². The second-order valence-corrected chi connectivity index (χ2v) is 4.87. The molecule has 108 valence electrons. The van der Waals surface area contributed by atoms with Gasteiger partial charge < -0.3 is 10.1 Å². The Morgan fingerprint density at radius 1 is 1.20 bits per heavy atom. The number of nitrogens with zero attached hydrogens (tertiary/aromatic N) is 1. The SMILES string of the molecule is CCCNC(COC)CN1C(=O)c2ccccc2C1=O. The molecule has 5 nitrogen and oxygen atoms in total. The molecule has 2 amide bonds. The molecule has 1 unspecified atom stereocenters. The highest BCUT2D eigenvalue weighted by molar-refractivity contribution is 6.21. The molecule has 20 heavy (non-hydrogen) atoms. The van der Waals surface area contributed by atoms with Crippen molar-refractivity contribution in [1.29, 1.82) is 0 Å². The molecule has 0 fully saturated rings. The van der Waals surface area contributed by atoms with Gasteiger partial charge in [-0.15, -0.1) is 0 Å². The monoisotopic (exact) mass is 276 g/mol. The minimum Gasteiger partial charge on any atom is -0.383 e. The van der Waals surface area contributed by atoms with Crippen molar-refractivity contribution in [1.82, 2.24) is 10.2 Å². The van der Waals surface area contributed by atoms with Gasteiger partial charge in [-0.25, -0.2) is 0 Å². The number of hydrogen-bond acceptors (Lipinski definition) is 4. The van der Waals surface area contributed by atoms with E-state index in [0.717, 1.165) is 13.0 Å². The molecule has 0 aromatic heterocycles. The molecule has 1 heterocycles. The maximum atomic E-state index is 12.3. The molecule has 2 rings (SSSR count). The average Bonchev–Trinajstić information content (AvgIpc) is 2.70. The number of fused-ring (bicyclic) bond motifs is 1. The molecule has 0 aliphatic carbocycles. The zero-order chi connectivity index (χ0) is 14.5. The number of nitrogens with one attached hydrogen (secondary N) is 1. The largest absolute Gasteiger partial charge is 0.383 e. The molecule has 0 saturated heterocycles. The van der Waals surface area contributed by atoms with Crippen LogP contribution in [-0.4, -0.2) is 49.6 Å². The van der Waals surface area contributed by atoms with Crippen LogP contribution in [0.15, 0.2) is 24.3 Å². The van der Waals surface area contributed by atoms with E-state index in [1.807, 2.05) is 0 Å². The van der Waals surface area contributed by atoms with Crippen molar-refractivity contribution in [3.63, 3.8) is 0 Å². The van der Waals surface area contributed by atoms with Crippen molar-refractivity contribution in [3.05, 3.63) is 35.4 Å². The van der Waals surface area contributed by atoms with Crippen molar-refractivity contribution in [3.8, 4) is 0 Å². The number of rotatable bonds is 7. The van der Waals surface area contributed by atoms with Gasteiger partial charge in [0, 0.05) is 19.7 Å². The number of amides is 2. The first-order valence-electron chi connectivity index (χ1n) is 6.86. The minimum atomic E-state index is -0.218. The van der Waals surface area contributed by atoms with Crippen molar-refractivity contribution >= 4 is 11.8 Å². The van der Waals surface area contributed by atoms with E-state index in [1.165, 1.54) is 4.90 Å². The van der Waals surface area contributed by atoms with Crippen molar-refractivity contribution in [2.45, 2.75) is 19.4 Å². The van der Waals surface area contributed by atoms with E-state index in [0.29, 0.717) is 24.3 Å². The highest BCUT2D eigenvalue weighted by Gasteiger charge is 2.36. The second-order valence-electron chi connectivity index (χ2n) is 4.87.